The summed E-state index contributed by atoms with van der Waals surface area (Å²) < 4.78 is 0. The van der Waals surface area contributed by atoms with Gasteiger partial charge in [0, 0.05) is 44.8 Å². The normalized spacial score (nSPS) is 14.8. The molecule has 1 fully saturated rings. The number of pyridine rings is 1. The number of nitrogen functional groups attached to an aromatic ring is 1. The maximum Gasteiger partial charge on any atom is 0.183 e. The fourth-order valence-corrected chi connectivity index (χ4v) is 2.44. The van der Waals surface area contributed by atoms with Crippen LogP contribution in [0.2, 0.25) is 0 Å². The van der Waals surface area contributed by atoms with Crippen molar-refractivity contribution in [2.75, 3.05) is 41.7 Å². The number of hydrogen-bond donors (Lipinski definition) is 1. The van der Waals surface area contributed by atoms with E-state index >= 15 is 0 Å². The van der Waals surface area contributed by atoms with E-state index in [2.05, 4.69) is 30.8 Å². The maximum atomic E-state index is 9.10. The lowest BCUT2D eigenvalue weighted by atomic mass is 10.2. The Hall–Kier alpha value is -2.88. The Kier molecular flexibility index (Phi) is 3.51. The zero-order chi connectivity index (χ0) is 14.7. The molecule has 0 amide bonds. The average Bonchev–Trinajstić information content (AvgIpc) is 2.55. The first-order valence-electron chi connectivity index (χ1n) is 6.71. The summed E-state index contributed by atoms with van der Waals surface area (Å²) in [6, 6.07) is 5.76. The summed E-state index contributed by atoms with van der Waals surface area (Å²) in [5, 5.41) is 9.10. The Morgan fingerprint density at radius 2 is 1.57 bits per heavy atom. The van der Waals surface area contributed by atoms with Crippen LogP contribution in [-0.2, 0) is 0 Å². The molecule has 0 unspecified atom stereocenters. The van der Waals surface area contributed by atoms with E-state index in [1.807, 2.05) is 12.1 Å². The van der Waals surface area contributed by atoms with E-state index in [0.717, 1.165) is 32.0 Å². The Morgan fingerprint density at radius 1 is 0.952 bits per heavy atom. The molecule has 7 nitrogen and oxygen atoms in total. The van der Waals surface area contributed by atoms with Crippen molar-refractivity contribution >= 4 is 17.3 Å². The first-order valence-corrected chi connectivity index (χ1v) is 6.71. The van der Waals surface area contributed by atoms with Crippen LogP contribution in [-0.4, -0.2) is 41.1 Å². The molecule has 7 heteroatoms. The molecule has 0 radical (unpaired) electrons. The van der Waals surface area contributed by atoms with Crippen molar-refractivity contribution < 1.29 is 0 Å². The predicted molar refractivity (Wildman–Crippen MR) is 79.8 cm³/mol. The van der Waals surface area contributed by atoms with Crippen molar-refractivity contribution in [3.05, 3.63) is 36.4 Å². The van der Waals surface area contributed by atoms with Gasteiger partial charge in [-0.25, -0.2) is 15.0 Å². The highest BCUT2D eigenvalue weighted by Gasteiger charge is 2.22. The first kappa shape index (κ1) is 13.1. The van der Waals surface area contributed by atoms with Gasteiger partial charge in [-0.2, -0.15) is 5.26 Å². The summed E-state index contributed by atoms with van der Waals surface area (Å²) in [4.78, 5) is 16.9. The molecule has 0 bridgehead atoms. The number of nitriles is 1. The molecule has 106 valence electrons. The van der Waals surface area contributed by atoms with E-state index in [1.54, 1.807) is 12.4 Å². The van der Waals surface area contributed by atoms with Crippen LogP contribution in [0.1, 0.15) is 5.69 Å². The smallest absolute Gasteiger partial charge is 0.183 e. The van der Waals surface area contributed by atoms with E-state index in [4.69, 9.17) is 11.0 Å². The Bertz CT molecular complexity index is 671. The third-order valence-corrected chi connectivity index (χ3v) is 3.48. The predicted octanol–water partition coefficient (Wildman–Crippen LogP) is 0.652. The van der Waals surface area contributed by atoms with Crippen molar-refractivity contribution in [1.29, 1.82) is 5.26 Å². The highest BCUT2D eigenvalue weighted by Crippen LogP contribution is 2.22. The van der Waals surface area contributed by atoms with Crippen LogP contribution >= 0.6 is 0 Å². The van der Waals surface area contributed by atoms with Gasteiger partial charge in [0.1, 0.15) is 6.07 Å². The molecule has 1 aliphatic rings. The zero-order valence-corrected chi connectivity index (χ0v) is 11.5. The van der Waals surface area contributed by atoms with Gasteiger partial charge in [0.25, 0.3) is 0 Å². The Balaban J connectivity index is 1.74. The zero-order valence-electron chi connectivity index (χ0n) is 11.5. The molecule has 21 heavy (non-hydrogen) atoms. The standard InChI is InChI=1S/C14H15N7/c15-10-12-14(19-5-4-17-12)21-8-6-20(7-9-21)13-11(16)2-1-3-18-13/h1-5H,6-9,16H2. The third-order valence-electron chi connectivity index (χ3n) is 3.48. The molecule has 0 spiro atoms. The molecule has 3 heterocycles. The maximum absolute atomic E-state index is 9.10. The molecule has 2 N–H and O–H groups in total. The average molecular weight is 281 g/mol. The lowest BCUT2D eigenvalue weighted by molar-refractivity contribution is 0.640. The van der Waals surface area contributed by atoms with Gasteiger partial charge in [-0.1, -0.05) is 0 Å². The lowest BCUT2D eigenvalue weighted by Gasteiger charge is -2.36. The second-order valence-electron chi connectivity index (χ2n) is 4.73. The van der Waals surface area contributed by atoms with Gasteiger partial charge in [0.05, 0.1) is 5.69 Å². The van der Waals surface area contributed by atoms with Gasteiger partial charge >= 0.3 is 0 Å². The van der Waals surface area contributed by atoms with Crippen molar-refractivity contribution in [3.8, 4) is 6.07 Å². The first-order chi connectivity index (χ1) is 10.3. The monoisotopic (exact) mass is 281 g/mol. The fraction of sp³-hybridized carbons (Fsp3) is 0.286. The SMILES string of the molecule is N#Cc1nccnc1N1CCN(c2ncccc2N)CC1. The highest BCUT2D eigenvalue weighted by atomic mass is 15.3. The van der Waals surface area contributed by atoms with Gasteiger partial charge < -0.3 is 15.5 Å². The van der Waals surface area contributed by atoms with Gasteiger partial charge in [-0.05, 0) is 12.1 Å². The topological polar surface area (TPSA) is 95.0 Å². The summed E-state index contributed by atoms with van der Waals surface area (Å²) in [5.41, 5.74) is 7.01. The van der Waals surface area contributed by atoms with Crippen molar-refractivity contribution in [2.45, 2.75) is 0 Å². The molecule has 1 aliphatic heterocycles. The third kappa shape index (κ3) is 2.56. The second-order valence-corrected chi connectivity index (χ2v) is 4.73. The van der Waals surface area contributed by atoms with Gasteiger partial charge in [0.2, 0.25) is 0 Å². The molecule has 0 aliphatic carbocycles. The minimum absolute atomic E-state index is 0.364. The van der Waals surface area contributed by atoms with Gasteiger partial charge in [0.15, 0.2) is 17.3 Å². The number of hydrogen-bond acceptors (Lipinski definition) is 7. The number of rotatable bonds is 2. The van der Waals surface area contributed by atoms with Crippen LogP contribution in [0.25, 0.3) is 0 Å². The Labute approximate surface area is 122 Å². The van der Waals surface area contributed by atoms with Gasteiger partial charge in [-0.15, -0.1) is 0 Å². The molecule has 0 saturated carbocycles. The van der Waals surface area contributed by atoms with Crippen molar-refractivity contribution in [2.24, 2.45) is 0 Å². The van der Waals surface area contributed by atoms with Crippen LogP contribution in [0.4, 0.5) is 17.3 Å². The minimum atomic E-state index is 0.364. The van der Waals surface area contributed by atoms with E-state index in [9.17, 15) is 0 Å². The van der Waals surface area contributed by atoms with E-state index in [1.165, 1.54) is 6.20 Å². The Morgan fingerprint density at radius 3 is 2.24 bits per heavy atom. The molecule has 1 saturated heterocycles. The van der Waals surface area contributed by atoms with E-state index in [-0.39, 0.29) is 0 Å². The van der Waals surface area contributed by atoms with Crippen molar-refractivity contribution in [3.63, 3.8) is 0 Å². The summed E-state index contributed by atoms with van der Waals surface area (Å²) in [6.07, 6.45) is 4.89. The number of piperazine rings is 1. The number of aromatic nitrogens is 3. The molecular weight excluding hydrogens is 266 g/mol. The minimum Gasteiger partial charge on any atom is -0.396 e. The van der Waals surface area contributed by atoms with Crippen LogP contribution in [0.3, 0.4) is 0 Å². The molecule has 3 rings (SSSR count). The van der Waals surface area contributed by atoms with E-state index in [0.29, 0.717) is 17.2 Å². The number of nitrogens with zero attached hydrogens (tertiary/aromatic N) is 6. The molecular formula is C14H15N7. The molecule has 2 aromatic rings. The van der Waals surface area contributed by atoms with Crippen molar-refractivity contribution in [1.82, 2.24) is 15.0 Å². The second kappa shape index (κ2) is 5.63. The largest absolute Gasteiger partial charge is 0.396 e. The van der Waals surface area contributed by atoms with Crippen LogP contribution in [0, 0.1) is 11.3 Å². The van der Waals surface area contributed by atoms with Gasteiger partial charge in [-0.3, -0.25) is 0 Å². The number of nitrogens with two attached hydrogens (primary N) is 1. The quantitative estimate of drug-likeness (QED) is 0.863. The highest BCUT2D eigenvalue weighted by molar-refractivity contribution is 5.63. The molecule has 0 aromatic carbocycles. The van der Waals surface area contributed by atoms with Crippen LogP contribution in [0.5, 0.6) is 0 Å². The van der Waals surface area contributed by atoms with Crippen LogP contribution in [0.15, 0.2) is 30.7 Å². The summed E-state index contributed by atoms with van der Waals surface area (Å²) in [5.74, 6) is 1.46. The molecule has 2 aromatic heterocycles. The fourth-order valence-electron chi connectivity index (χ4n) is 2.44. The summed E-state index contributed by atoms with van der Waals surface area (Å²) in [6.45, 7) is 3.07. The molecule has 0 atom stereocenters. The summed E-state index contributed by atoms with van der Waals surface area (Å²) >= 11 is 0. The lowest BCUT2D eigenvalue weighted by Crippen LogP contribution is -2.47. The number of anilines is 3. The summed E-state index contributed by atoms with van der Waals surface area (Å²) in [7, 11) is 0. The van der Waals surface area contributed by atoms with Crippen LogP contribution < -0.4 is 15.5 Å². The van der Waals surface area contributed by atoms with E-state index < -0.39 is 0 Å².